The Kier molecular flexibility index (Phi) is 12.4. The van der Waals surface area contributed by atoms with Crippen molar-refractivity contribution >= 4 is 11.9 Å². The topological polar surface area (TPSA) is 61.8 Å². The number of hydrogen-bond donors (Lipinski definition) is 0. The number of carbonyl (C=O) groups is 2. The number of carbonyl (C=O) groups excluding carboxylic acids is 2. The molecule has 0 aliphatic heterocycles. The number of ether oxygens (including phenoxy) is 3. The summed E-state index contributed by atoms with van der Waals surface area (Å²) in [5.74, 6) is -0.502. The largest absolute Gasteiger partial charge is 0.454 e. The van der Waals surface area contributed by atoms with Crippen molar-refractivity contribution in [3.63, 3.8) is 0 Å². The maximum absolute atomic E-state index is 12.7. The smallest absolute Gasteiger partial charge is 0.347 e. The molecule has 1 radical (unpaired) electrons. The van der Waals surface area contributed by atoms with Crippen molar-refractivity contribution in [2.24, 2.45) is 0 Å². The van der Waals surface area contributed by atoms with Gasteiger partial charge in [-0.15, -0.1) is 0 Å². The Morgan fingerprint density at radius 2 is 1.61 bits per heavy atom. The third-order valence-electron chi connectivity index (χ3n) is 5.21. The summed E-state index contributed by atoms with van der Waals surface area (Å²) in [6.07, 6.45) is 11.5. The monoisotopic (exact) mass is 451 g/mol. The van der Waals surface area contributed by atoms with Gasteiger partial charge in [-0.25, -0.2) is 9.59 Å². The molecule has 0 aromatic heterocycles. The van der Waals surface area contributed by atoms with Crippen LogP contribution in [-0.4, -0.2) is 18.2 Å². The zero-order chi connectivity index (χ0) is 23.7. The van der Waals surface area contributed by atoms with Crippen molar-refractivity contribution in [1.82, 2.24) is 0 Å². The van der Waals surface area contributed by atoms with Gasteiger partial charge in [0.2, 0.25) is 6.29 Å². The first-order valence-electron chi connectivity index (χ1n) is 11.9. The average molecular weight is 452 g/mol. The highest BCUT2D eigenvalue weighted by atomic mass is 16.7. The molecule has 0 fully saturated rings. The number of hydrogen-bond acceptors (Lipinski definition) is 5. The summed E-state index contributed by atoms with van der Waals surface area (Å²) in [6.45, 7) is 5.68. The van der Waals surface area contributed by atoms with E-state index < -0.39 is 18.2 Å². The molecule has 0 heterocycles. The predicted molar refractivity (Wildman–Crippen MR) is 129 cm³/mol. The molecule has 33 heavy (non-hydrogen) atoms. The molecule has 5 heteroatoms. The van der Waals surface area contributed by atoms with Crippen LogP contribution in [0.25, 0.3) is 0 Å². The third kappa shape index (κ3) is 10.4. The van der Waals surface area contributed by atoms with Crippen LogP contribution in [0.4, 0.5) is 0 Å². The predicted octanol–water partition coefficient (Wildman–Crippen LogP) is 7.06. The van der Waals surface area contributed by atoms with Gasteiger partial charge in [0.05, 0.1) is 0 Å². The van der Waals surface area contributed by atoms with E-state index in [4.69, 9.17) is 14.2 Å². The summed E-state index contributed by atoms with van der Waals surface area (Å²) in [6, 6.07) is 16.5. The highest BCUT2D eigenvalue weighted by Crippen LogP contribution is 2.24. The van der Waals surface area contributed by atoms with Gasteiger partial charge in [-0.3, -0.25) is 0 Å². The van der Waals surface area contributed by atoms with E-state index in [1.165, 1.54) is 38.5 Å². The zero-order valence-corrected chi connectivity index (χ0v) is 19.6. The van der Waals surface area contributed by atoms with E-state index >= 15 is 0 Å². The quantitative estimate of drug-likeness (QED) is 0.0898. The SMILES string of the molecule is C=CC(=O)OC(CCCCCCCCCCC)Oc1ccccc1C(=O)Oc1[c]cccc1. The molecule has 0 bridgehead atoms. The average Bonchev–Trinajstić information content (AvgIpc) is 2.83. The lowest BCUT2D eigenvalue weighted by atomic mass is 10.1. The second kappa shape index (κ2) is 15.7. The molecule has 5 nitrogen and oxygen atoms in total. The lowest BCUT2D eigenvalue weighted by Gasteiger charge is -2.20. The Bertz CT molecular complexity index is 846. The highest BCUT2D eigenvalue weighted by Gasteiger charge is 2.20. The maximum Gasteiger partial charge on any atom is 0.347 e. The Morgan fingerprint density at radius 1 is 0.939 bits per heavy atom. The standard InChI is InChI=1S/C28H35O5/c1-3-5-6-7-8-9-10-11-15-22-27(33-26(29)4-2)32-25-21-17-16-20-24(25)28(30)31-23-18-13-12-14-19-23/h4,12-14,16-18,20-21,27H,2-3,5-11,15,22H2,1H3. The van der Waals surface area contributed by atoms with Gasteiger partial charge in [0.25, 0.3) is 0 Å². The van der Waals surface area contributed by atoms with Crippen LogP contribution in [0.1, 0.15) is 81.5 Å². The molecule has 1 atom stereocenters. The van der Waals surface area contributed by atoms with E-state index in [-0.39, 0.29) is 5.56 Å². The summed E-state index contributed by atoms with van der Waals surface area (Å²) in [5, 5.41) is 0. The van der Waals surface area contributed by atoms with Crippen molar-refractivity contribution < 1.29 is 23.8 Å². The van der Waals surface area contributed by atoms with Crippen LogP contribution < -0.4 is 9.47 Å². The lowest BCUT2D eigenvalue weighted by Crippen LogP contribution is -2.24. The fraction of sp³-hybridized carbons (Fsp3) is 0.429. The van der Waals surface area contributed by atoms with E-state index in [2.05, 4.69) is 19.6 Å². The molecular weight excluding hydrogens is 416 g/mol. The fourth-order valence-electron chi connectivity index (χ4n) is 3.42. The van der Waals surface area contributed by atoms with E-state index in [0.717, 1.165) is 25.3 Å². The van der Waals surface area contributed by atoms with Crippen molar-refractivity contribution in [3.8, 4) is 11.5 Å². The van der Waals surface area contributed by atoms with Gasteiger partial charge < -0.3 is 14.2 Å². The van der Waals surface area contributed by atoms with Gasteiger partial charge in [0.1, 0.15) is 17.1 Å². The van der Waals surface area contributed by atoms with Gasteiger partial charge in [-0.05, 0) is 24.6 Å². The molecule has 1 unspecified atom stereocenters. The Morgan fingerprint density at radius 3 is 2.27 bits per heavy atom. The van der Waals surface area contributed by atoms with E-state index in [0.29, 0.717) is 17.9 Å². The van der Waals surface area contributed by atoms with Crippen LogP contribution >= 0.6 is 0 Å². The van der Waals surface area contributed by atoms with Crippen LogP contribution in [0, 0.1) is 6.07 Å². The van der Waals surface area contributed by atoms with Crippen molar-refractivity contribution in [2.75, 3.05) is 0 Å². The second-order valence-electron chi connectivity index (χ2n) is 7.92. The number of unbranched alkanes of at least 4 members (excludes halogenated alkanes) is 8. The summed E-state index contributed by atoms with van der Waals surface area (Å²) < 4.78 is 16.7. The van der Waals surface area contributed by atoms with Crippen LogP contribution in [0.15, 0.2) is 61.2 Å². The normalized spacial score (nSPS) is 11.4. The molecular formula is C28H35O5. The minimum absolute atomic E-state index is 0.251. The number of para-hydroxylation sites is 2. The lowest BCUT2D eigenvalue weighted by molar-refractivity contribution is -0.158. The first-order valence-corrected chi connectivity index (χ1v) is 11.9. The highest BCUT2D eigenvalue weighted by molar-refractivity contribution is 5.94. The Balaban J connectivity index is 1.91. The number of benzene rings is 2. The fourth-order valence-corrected chi connectivity index (χ4v) is 3.42. The van der Waals surface area contributed by atoms with Crippen LogP contribution in [0.5, 0.6) is 11.5 Å². The third-order valence-corrected chi connectivity index (χ3v) is 5.21. The first-order chi connectivity index (χ1) is 16.1. The van der Waals surface area contributed by atoms with Crippen LogP contribution in [-0.2, 0) is 9.53 Å². The minimum atomic E-state index is -0.808. The Hall–Kier alpha value is -3.08. The maximum atomic E-state index is 12.7. The first kappa shape index (κ1) is 26.2. The van der Waals surface area contributed by atoms with Crippen molar-refractivity contribution in [1.29, 1.82) is 0 Å². The van der Waals surface area contributed by atoms with Gasteiger partial charge in [-0.2, -0.15) is 0 Å². The molecule has 0 aliphatic rings. The van der Waals surface area contributed by atoms with Gasteiger partial charge in [0.15, 0.2) is 0 Å². The van der Waals surface area contributed by atoms with E-state index in [1.807, 2.05) is 0 Å². The summed E-state index contributed by atoms with van der Waals surface area (Å²) >= 11 is 0. The molecule has 177 valence electrons. The van der Waals surface area contributed by atoms with Crippen LogP contribution in [0.2, 0.25) is 0 Å². The van der Waals surface area contributed by atoms with E-state index in [9.17, 15) is 9.59 Å². The summed E-state index contributed by atoms with van der Waals surface area (Å²) in [7, 11) is 0. The summed E-state index contributed by atoms with van der Waals surface area (Å²) in [5.41, 5.74) is 0.251. The molecule has 0 amide bonds. The molecule has 2 rings (SSSR count). The zero-order valence-electron chi connectivity index (χ0n) is 19.6. The van der Waals surface area contributed by atoms with E-state index in [1.54, 1.807) is 48.5 Å². The van der Waals surface area contributed by atoms with Gasteiger partial charge in [-0.1, -0.05) is 95.2 Å². The van der Waals surface area contributed by atoms with Gasteiger partial charge in [0, 0.05) is 18.6 Å². The molecule has 0 saturated heterocycles. The molecule has 0 aliphatic carbocycles. The molecule has 2 aromatic carbocycles. The van der Waals surface area contributed by atoms with Crippen molar-refractivity contribution in [2.45, 2.75) is 77.4 Å². The second-order valence-corrected chi connectivity index (χ2v) is 7.92. The van der Waals surface area contributed by atoms with Crippen LogP contribution in [0.3, 0.4) is 0 Å². The molecule has 0 N–H and O–H groups in total. The number of rotatable bonds is 16. The van der Waals surface area contributed by atoms with Gasteiger partial charge >= 0.3 is 11.9 Å². The minimum Gasteiger partial charge on any atom is -0.454 e. The molecule has 0 spiro atoms. The number of esters is 2. The van der Waals surface area contributed by atoms with Crippen molar-refractivity contribution in [3.05, 3.63) is 72.8 Å². The summed E-state index contributed by atoms with van der Waals surface area (Å²) in [4.78, 5) is 24.5. The molecule has 0 saturated carbocycles. The Labute approximate surface area is 197 Å². The molecule has 2 aromatic rings.